The largest absolute Gasteiger partial charge is 0.468 e. The maximum atomic E-state index is 11.6. The van der Waals surface area contributed by atoms with Gasteiger partial charge in [0.1, 0.15) is 6.04 Å². The quantitative estimate of drug-likeness (QED) is 0.801. The molecule has 1 aromatic carbocycles. The number of likely N-dealkylation sites (N-methyl/N-ethyl adjacent to an activating group) is 1. The molecule has 1 N–H and O–H groups in total. The Labute approximate surface area is 108 Å². The second kappa shape index (κ2) is 5.98. The van der Waals surface area contributed by atoms with Crippen molar-refractivity contribution < 1.29 is 9.53 Å². The van der Waals surface area contributed by atoms with E-state index in [0.717, 1.165) is 19.5 Å². The molecule has 2 rings (SSSR count). The highest BCUT2D eigenvalue weighted by atomic mass is 16.5. The second-order valence-electron chi connectivity index (χ2n) is 4.62. The number of ether oxygens (including phenoxy) is 1. The fraction of sp³-hybridized carbons (Fsp3) is 0.500. The van der Waals surface area contributed by atoms with Crippen LogP contribution in [0, 0.1) is 0 Å². The van der Waals surface area contributed by atoms with Gasteiger partial charge in [0, 0.05) is 19.6 Å². The minimum atomic E-state index is -0.250. The van der Waals surface area contributed by atoms with Crippen molar-refractivity contribution in [2.24, 2.45) is 0 Å². The van der Waals surface area contributed by atoms with Crippen LogP contribution in [0.15, 0.2) is 24.3 Å². The van der Waals surface area contributed by atoms with Gasteiger partial charge in [-0.3, -0.25) is 9.69 Å². The number of fused-ring (bicyclic) bond motifs is 1. The summed E-state index contributed by atoms with van der Waals surface area (Å²) in [5, 5.41) is 3.01. The molecule has 0 aromatic heterocycles. The molecule has 0 aliphatic carbocycles. The number of hydrogen-bond donors (Lipinski definition) is 1. The molecule has 0 fully saturated rings. The normalized spacial score (nSPS) is 17.0. The van der Waals surface area contributed by atoms with Crippen molar-refractivity contribution in [3.8, 4) is 0 Å². The van der Waals surface area contributed by atoms with E-state index in [1.54, 1.807) is 7.05 Å². The Kier molecular flexibility index (Phi) is 4.33. The molecule has 0 radical (unpaired) electrons. The number of carbonyl (C=O) groups excluding carboxylic acids is 1. The zero-order chi connectivity index (χ0) is 13.0. The van der Waals surface area contributed by atoms with Crippen LogP contribution in [0.4, 0.5) is 0 Å². The molecule has 1 unspecified atom stereocenters. The van der Waals surface area contributed by atoms with Crippen molar-refractivity contribution in [2.75, 3.05) is 27.2 Å². The van der Waals surface area contributed by atoms with Gasteiger partial charge in [0.25, 0.3) is 0 Å². The van der Waals surface area contributed by atoms with Crippen LogP contribution in [0.1, 0.15) is 11.1 Å². The van der Waals surface area contributed by atoms with E-state index in [1.807, 2.05) is 0 Å². The summed E-state index contributed by atoms with van der Waals surface area (Å²) in [6.07, 6.45) is 1.05. The molecule has 0 amide bonds. The summed E-state index contributed by atoms with van der Waals surface area (Å²) in [6.45, 7) is 2.59. The van der Waals surface area contributed by atoms with Gasteiger partial charge in [0.15, 0.2) is 0 Å². The minimum Gasteiger partial charge on any atom is -0.468 e. The van der Waals surface area contributed by atoms with Crippen LogP contribution >= 0.6 is 0 Å². The first-order chi connectivity index (χ1) is 8.74. The van der Waals surface area contributed by atoms with Crippen molar-refractivity contribution in [2.45, 2.75) is 19.0 Å². The molecule has 1 aliphatic rings. The van der Waals surface area contributed by atoms with E-state index in [-0.39, 0.29) is 12.0 Å². The van der Waals surface area contributed by atoms with Gasteiger partial charge in [-0.15, -0.1) is 0 Å². The molecule has 0 bridgehead atoms. The number of carbonyl (C=O) groups is 1. The zero-order valence-corrected chi connectivity index (χ0v) is 11.0. The Morgan fingerprint density at radius 1 is 1.44 bits per heavy atom. The summed E-state index contributed by atoms with van der Waals surface area (Å²) >= 11 is 0. The van der Waals surface area contributed by atoms with Crippen LogP contribution in [0.3, 0.4) is 0 Å². The molecule has 0 spiro atoms. The molecule has 1 aliphatic heterocycles. The van der Waals surface area contributed by atoms with E-state index in [4.69, 9.17) is 4.74 Å². The Balaban J connectivity index is 1.98. The molecule has 1 aromatic rings. The smallest absolute Gasteiger partial charge is 0.324 e. The number of benzene rings is 1. The summed E-state index contributed by atoms with van der Waals surface area (Å²) in [7, 11) is 3.22. The first-order valence-electron chi connectivity index (χ1n) is 6.29. The van der Waals surface area contributed by atoms with Crippen LogP contribution in [-0.4, -0.2) is 44.2 Å². The van der Waals surface area contributed by atoms with Gasteiger partial charge in [0.2, 0.25) is 0 Å². The third-order valence-electron chi connectivity index (χ3n) is 3.48. The molecule has 1 heterocycles. The highest BCUT2D eigenvalue weighted by Gasteiger charge is 2.23. The van der Waals surface area contributed by atoms with E-state index in [1.165, 1.54) is 18.2 Å². The van der Waals surface area contributed by atoms with E-state index in [2.05, 4.69) is 34.5 Å². The first kappa shape index (κ1) is 13.1. The first-order valence-corrected chi connectivity index (χ1v) is 6.29. The van der Waals surface area contributed by atoms with Crippen LogP contribution in [-0.2, 0) is 22.5 Å². The molecule has 98 valence electrons. The van der Waals surface area contributed by atoms with Crippen molar-refractivity contribution >= 4 is 5.97 Å². The Morgan fingerprint density at radius 2 is 2.17 bits per heavy atom. The number of nitrogens with one attached hydrogen (secondary N) is 1. The number of methoxy groups -OCH3 is 1. The van der Waals surface area contributed by atoms with Gasteiger partial charge in [-0.2, -0.15) is 0 Å². The fourth-order valence-corrected chi connectivity index (χ4v) is 2.39. The Bertz CT molecular complexity index is 420. The van der Waals surface area contributed by atoms with Crippen LogP contribution in [0.2, 0.25) is 0 Å². The number of esters is 1. The predicted molar refractivity (Wildman–Crippen MR) is 70.3 cm³/mol. The van der Waals surface area contributed by atoms with Crippen molar-refractivity contribution in [1.29, 1.82) is 0 Å². The third kappa shape index (κ3) is 2.89. The van der Waals surface area contributed by atoms with Crippen molar-refractivity contribution in [3.63, 3.8) is 0 Å². The van der Waals surface area contributed by atoms with E-state index >= 15 is 0 Å². The molecular formula is C14H20N2O2. The van der Waals surface area contributed by atoms with Crippen molar-refractivity contribution in [3.05, 3.63) is 35.4 Å². The average molecular weight is 248 g/mol. The molecule has 4 heteroatoms. The zero-order valence-electron chi connectivity index (χ0n) is 11.0. The van der Waals surface area contributed by atoms with Crippen LogP contribution in [0.25, 0.3) is 0 Å². The lowest BCUT2D eigenvalue weighted by atomic mass is 9.99. The standard InChI is InChI=1S/C14H20N2O2/c1-15-13(14(17)18-2)10-16-8-7-11-5-3-4-6-12(11)9-16/h3-6,13,15H,7-10H2,1-2H3. The monoisotopic (exact) mass is 248 g/mol. The summed E-state index contributed by atoms with van der Waals surface area (Å²) in [6, 6.07) is 8.24. The molecule has 18 heavy (non-hydrogen) atoms. The Morgan fingerprint density at radius 3 is 2.83 bits per heavy atom. The third-order valence-corrected chi connectivity index (χ3v) is 3.48. The minimum absolute atomic E-state index is 0.198. The molecule has 0 saturated carbocycles. The maximum absolute atomic E-state index is 11.6. The van der Waals surface area contributed by atoms with E-state index in [9.17, 15) is 4.79 Å². The lowest BCUT2D eigenvalue weighted by Gasteiger charge is -2.30. The highest BCUT2D eigenvalue weighted by Crippen LogP contribution is 2.18. The molecular weight excluding hydrogens is 228 g/mol. The van der Waals surface area contributed by atoms with Crippen LogP contribution in [0.5, 0.6) is 0 Å². The number of rotatable bonds is 4. The topological polar surface area (TPSA) is 41.6 Å². The van der Waals surface area contributed by atoms with Crippen LogP contribution < -0.4 is 5.32 Å². The van der Waals surface area contributed by atoms with E-state index in [0.29, 0.717) is 6.54 Å². The van der Waals surface area contributed by atoms with E-state index < -0.39 is 0 Å². The molecule has 0 saturated heterocycles. The van der Waals surface area contributed by atoms with Gasteiger partial charge in [-0.05, 0) is 24.6 Å². The summed E-state index contributed by atoms with van der Waals surface area (Å²) in [5.74, 6) is -0.198. The fourth-order valence-electron chi connectivity index (χ4n) is 2.39. The summed E-state index contributed by atoms with van der Waals surface area (Å²) < 4.78 is 4.79. The van der Waals surface area contributed by atoms with Gasteiger partial charge in [-0.1, -0.05) is 24.3 Å². The molecule has 4 nitrogen and oxygen atoms in total. The highest BCUT2D eigenvalue weighted by molar-refractivity contribution is 5.75. The van der Waals surface area contributed by atoms with Gasteiger partial charge < -0.3 is 10.1 Å². The summed E-state index contributed by atoms with van der Waals surface area (Å²) in [5.41, 5.74) is 2.79. The predicted octanol–water partition coefficient (Wildman–Crippen LogP) is 0.806. The lowest BCUT2D eigenvalue weighted by molar-refractivity contribution is -0.143. The maximum Gasteiger partial charge on any atom is 0.324 e. The number of nitrogens with zero attached hydrogens (tertiary/aromatic N) is 1. The van der Waals surface area contributed by atoms with Gasteiger partial charge >= 0.3 is 5.97 Å². The average Bonchev–Trinajstić information content (AvgIpc) is 2.43. The van der Waals surface area contributed by atoms with Crippen molar-refractivity contribution in [1.82, 2.24) is 10.2 Å². The lowest BCUT2D eigenvalue weighted by Crippen LogP contribution is -2.46. The molecule has 1 atom stereocenters. The second-order valence-corrected chi connectivity index (χ2v) is 4.62. The van der Waals surface area contributed by atoms with Gasteiger partial charge in [0.05, 0.1) is 7.11 Å². The summed E-state index contributed by atoms with van der Waals surface area (Å²) in [4.78, 5) is 13.8. The Hall–Kier alpha value is -1.39. The SMILES string of the molecule is CNC(CN1CCc2ccccc2C1)C(=O)OC. The van der Waals surface area contributed by atoms with Gasteiger partial charge in [-0.25, -0.2) is 0 Å². The number of hydrogen-bond acceptors (Lipinski definition) is 4.